The van der Waals surface area contributed by atoms with E-state index in [-0.39, 0.29) is 6.61 Å². The van der Waals surface area contributed by atoms with Crippen LogP contribution in [0.25, 0.3) is 0 Å². The van der Waals surface area contributed by atoms with Gasteiger partial charge in [-0.1, -0.05) is 42.8 Å². The molecule has 29 heavy (non-hydrogen) atoms. The number of aliphatic hydroxyl groups excluding tert-OH is 4. The van der Waals surface area contributed by atoms with Crippen LogP contribution in [0.15, 0.2) is 36.4 Å². The molecule has 6 nitrogen and oxygen atoms in total. The van der Waals surface area contributed by atoms with Gasteiger partial charge in [-0.25, -0.2) is 0 Å². The highest BCUT2D eigenvalue weighted by molar-refractivity contribution is 6.31. The predicted molar refractivity (Wildman–Crippen MR) is 107 cm³/mol. The van der Waals surface area contributed by atoms with E-state index in [1.54, 1.807) is 6.07 Å². The molecule has 2 aliphatic rings. The van der Waals surface area contributed by atoms with Crippen LogP contribution in [-0.2, 0) is 34.7 Å². The van der Waals surface area contributed by atoms with Crippen molar-refractivity contribution in [3.8, 4) is 0 Å². The summed E-state index contributed by atoms with van der Waals surface area (Å²) >= 11 is 6.50. The van der Waals surface area contributed by atoms with Crippen LogP contribution in [0.3, 0.4) is 0 Å². The van der Waals surface area contributed by atoms with Gasteiger partial charge in [0.1, 0.15) is 24.4 Å². The molecular weight excluding hydrogens is 396 g/mol. The standard InChI is InChI=1S/C22H25ClO6/c1-2-12-3-5-13(6-4-12)7-14-8-16-15(9-17(14)23)11-28-22(16)21(27)20(26)19(25)18(10-24)29-22/h3-6,8-9,18-21,24-27H,2,7,10-11H2,1H3/t18-,19-,20+,21-,22-/m1/s1. The van der Waals surface area contributed by atoms with Crippen molar-refractivity contribution in [2.75, 3.05) is 6.61 Å². The molecule has 1 fully saturated rings. The fourth-order valence-corrected chi connectivity index (χ4v) is 4.35. The second kappa shape index (κ2) is 7.96. The Morgan fingerprint density at radius 2 is 1.76 bits per heavy atom. The van der Waals surface area contributed by atoms with Crippen LogP contribution in [0.5, 0.6) is 0 Å². The average Bonchev–Trinajstić information content (AvgIpc) is 3.08. The Morgan fingerprint density at radius 1 is 1.07 bits per heavy atom. The van der Waals surface area contributed by atoms with Crippen LogP contribution < -0.4 is 0 Å². The summed E-state index contributed by atoms with van der Waals surface area (Å²) < 4.78 is 11.6. The molecule has 2 aliphatic heterocycles. The SMILES string of the molecule is CCc1ccc(Cc2cc3c(cc2Cl)CO[C@@]32O[C@H](CO)[C@@H](O)[C@H](O)[C@H]2O)cc1. The summed E-state index contributed by atoms with van der Waals surface area (Å²) in [7, 11) is 0. The quantitative estimate of drug-likeness (QED) is 0.600. The minimum atomic E-state index is -1.66. The van der Waals surface area contributed by atoms with Crippen LogP contribution in [-0.4, -0.2) is 51.4 Å². The predicted octanol–water partition coefficient (Wildman–Crippen LogP) is 1.65. The fraction of sp³-hybridized carbons (Fsp3) is 0.455. The van der Waals surface area contributed by atoms with E-state index < -0.39 is 36.8 Å². The summed E-state index contributed by atoms with van der Waals surface area (Å²) in [6.45, 7) is 1.72. The third-order valence-electron chi connectivity index (χ3n) is 5.87. The van der Waals surface area contributed by atoms with Gasteiger partial charge in [-0.2, -0.15) is 0 Å². The molecule has 7 heteroatoms. The molecule has 156 valence electrons. The summed E-state index contributed by atoms with van der Waals surface area (Å²) in [5.41, 5.74) is 4.46. The number of aryl methyl sites for hydroxylation is 1. The maximum absolute atomic E-state index is 10.7. The van der Waals surface area contributed by atoms with E-state index in [0.29, 0.717) is 17.0 Å². The van der Waals surface area contributed by atoms with E-state index in [0.717, 1.165) is 23.1 Å². The molecule has 1 spiro atoms. The molecule has 0 bridgehead atoms. The molecule has 2 aromatic rings. The summed E-state index contributed by atoms with van der Waals surface area (Å²) in [5, 5.41) is 41.2. The van der Waals surface area contributed by atoms with Gasteiger partial charge < -0.3 is 29.9 Å². The first kappa shape index (κ1) is 20.8. The largest absolute Gasteiger partial charge is 0.394 e. The molecule has 0 aromatic heterocycles. The summed E-state index contributed by atoms with van der Waals surface area (Å²) in [5.74, 6) is -1.66. The number of hydrogen-bond donors (Lipinski definition) is 4. The Balaban J connectivity index is 1.71. The van der Waals surface area contributed by atoms with Gasteiger partial charge in [0.25, 0.3) is 0 Å². The normalized spacial score (nSPS) is 31.2. The van der Waals surface area contributed by atoms with Crippen molar-refractivity contribution in [2.45, 2.75) is 56.6 Å². The molecule has 0 amide bonds. The molecule has 2 aromatic carbocycles. The van der Waals surface area contributed by atoms with Crippen molar-refractivity contribution in [2.24, 2.45) is 0 Å². The third-order valence-corrected chi connectivity index (χ3v) is 6.22. The average molecular weight is 421 g/mol. The van der Waals surface area contributed by atoms with Crippen molar-refractivity contribution >= 4 is 11.6 Å². The monoisotopic (exact) mass is 420 g/mol. The topological polar surface area (TPSA) is 99.4 Å². The molecule has 2 heterocycles. The first-order chi connectivity index (χ1) is 13.9. The zero-order valence-corrected chi connectivity index (χ0v) is 16.8. The highest BCUT2D eigenvalue weighted by Gasteiger charge is 2.58. The molecule has 4 N–H and O–H groups in total. The van der Waals surface area contributed by atoms with Crippen molar-refractivity contribution in [1.29, 1.82) is 0 Å². The number of ether oxygens (including phenoxy) is 2. The zero-order chi connectivity index (χ0) is 20.8. The van der Waals surface area contributed by atoms with E-state index in [1.807, 2.05) is 6.07 Å². The van der Waals surface area contributed by atoms with Gasteiger partial charge in [0, 0.05) is 10.6 Å². The second-order valence-electron chi connectivity index (χ2n) is 7.67. The van der Waals surface area contributed by atoms with Crippen molar-refractivity contribution in [3.63, 3.8) is 0 Å². The lowest BCUT2D eigenvalue weighted by Gasteiger charge is -2.46. The summed E-state index contributed by atoms with van der Waals surface area (Å²) in [6.07, 6.45) is -3.99. The van der Waals surface area contributed by atoms with E-state index in [1.165, 1.54) is 5.56 Å². The summed E-state index contributed by atoms with van der Waals surface area (Å²) in [6, 6.07) is 11.9. The minimum absolute atomic E-state index is 0.137. The number of rotatable bonds is 4. The number of aliphatic hydroxyl groups is 4. The minimum Gasteiger partial charge on any atom is -0.394 e. The fourth-order valence-electron chi connectivity index (χ4n) is 4.10. The van der Waals surface area contributed by atoms with Crippen LogP contribution >= 0.6 is 11.6 Å². The van der Waals surface area contributed by atoms with Gasteiger partial charge in [0.2, 0.25) is 5.79 Å². The molecule has 0 aliphatic carbocycles. The van der Waals surface area contributed by atoms with Crippen LogP contribution in [0.4, 0.5) is 0 Å². The van der Waals surface area contributed by atoms with Gasteiger partial charge in [-0.15, -0.1) is 0 Å². The highest BCUT2D eigenvalue weighted by atomic mass is 35.5. The Bertz CT molecular complexity index is 884. The first-order valence-corrected chi connectivity index (χ1v) is 10.1. The third kappa shape index (κ3) is 3.49. The van der Waals surface area contributed by atoms with Gasteiger partial charge >= 0.3 is 0 Å². The van der Waals surface area contributed by atoms with Crippen LogP contribution in [0.2, 0.25) is 5.02 Å². The molecule has 0 radical (unpaired) electrons. The van der Waals surface area contributed by atoms with E-state index in [4.69, 9.17) is 21.1 Å². The maximum atomic E-state index is 10.7. The first-order valence-electron chi connectivity index (χ1n) is 9.76. The molecule has 5 atom stereocenters. The lowest BCUT2D eigenvalue weighted by atomic mass is 9.86. The molecule has 4 rings (SSSR count). The van der Waals surface area contributed by atoms with Crippen molar-refractivity contribution in [3.05, 3.63) is 69.2 Å². The summed E-state index contributed by atoms with van der Waals surface area (Å²) in [4.78, 5) is 0. The van der Waals surface area contributed by atoms with E-state index in [2.05, 4.69) is 31.2 Å². The second-order valence-corrected chi connectivity index (χ2v) is 8.08. The number of fused-ring (bicyclic) bond motifs is 2. The highest BCUT2D eigenvalue weighted by Crippen LogP contribution is 2.47. The van der Waals surface area contributed by atoms with Crippen molar-refractivity contribution in [1.82, 2.24) is 0 Å². The molecule has 0 saturated carbocycles. The maximum Gasteiger partial charge on any atom is 0.225 e. The van der Waals surface area contributed by atoms with E-state index in [9.17, 15) is 20.4 Å². The number of halogens is 1. The lowest BCUT2D eigenvalue weighted by molar-refractivity contribution is -0.368. The number of benzene rings is 2. The van der Waals surface area contributed by atoms with Crippen LogP contribution in [0, 0.1) is 0 Å². The number of hydrogen-bond acceptors (Lipinski definition) is 6. The Kier molecular flexibility index (Phi) is 5.70. The van der Waals surface area contributed by atoms with Crippen molar-refractivity contribution < 1.29 is 29.9 Å². The Morgan fingerprint density at radius 3 is 2.41 bits per heavy atom. The molecular formula is C22H25ClO6. The van der Waals surface area contributed by atoms with Gasteiger partial charge in [0.05, 0.1) is 13.2 Å². The van der Waals surface area contributed by atoms with Gasteiger partial charge in [-0.3, -0.25) is 0 Å². The van der Waals surface area contributed by atoms with Gasteiger partial charge in [-0.05, 0) is 47.2 Å². The van der Waals surface area contributed by atoms with E-state index >= 15 is 0 Å². The Labute approximate surface area is 174 Å². The smallest absolute Gasteiger partial charge is 0.225 e. The van der Waals surface area contributed by atoms with Crippen LogP contribution in [0.1, 0.15) is 34.7 Å². The molecule has 1 saturated heterocycles. The Hall–Kier alpha value is -1.51. The zero-order valence-electron chi connectivity index (χ0n) is 16.1. The lowest BCUT2D eigenvalue weighted by Crippen LogP contribution is -2.63. The molecule has 0 unspecified atom stereocenters. The van der Waals surface area contributed by atoms with Gasteiger partial charge in [0.15, 0.2) is 0 Å².